The second-order valence-corrected chi connectivity index (χ2v) is 8.46. The Morgan fingerprint density at radius 2 is 1.71 bits per heavy atom. The number of hydrogen-bond donors (Lipinski definition) is 0. The molecule has 1 heterocycles. The third kappa shape index (κ3) is 8.20. The zero-order valence-electron chi connectivity index (χ0n) is 7.30. The third-order valence-corrected chi connectivity index (χ3v) is 9.18. The molecule has 0 spiro atoms. The van der Waals surface area contributed by atoms with Crippen molar-refractivity contribution in [1.29, 1.82) is 0 Å². The summed E-state index contributed by atoms with van der Waals surface area (Å²) in [4.78, 5) is 0. The minimum Gasteiger partial charge on any atom is -0.418 e. The summed E-state index contributed by atoms with van der Waals surface area (Å²) in [7, 11) is -6.00. The van der Waals surface area contributed by atoms with Crippen LogP contribution in [0.15, 0.2) is 4.69 Å². The molecule has 0 aromatic carbocycles. The van der Waals surface area contributed by atoms with Gasteiger partial charge in [-0.1, -0.05) is 0 Å². The Hall–Kier alpha value is 0.874. The van der Waals surface area contributed by atoms with Gasteiger partial charge < -0.3 is 17.3 Å². The molecule has 0 saturated heterocycles. The average Bonchev–Trinajstić information content (AvgIpc) is 2.47. The largest absolute Gasteiger partial charge is 0.673 e. The fourth-order valence-corrected chi connectivity index (χ4v) is 8.72. The van der Waals surface area contributed by atoms with E-state index >= 15 is 0 Å². The first-order chi connectivity index (χ1) is 6.38. The molecule has 0 amide bonds. The van der Waals surface area contributed by atoms with Gasteiger partial charge in [-0.05, 0) is 0 Å². The van der Waals surface area contributed by atoms with Crippen LogP contribution in [0.5, 0.6) is 0 Å². The van der Waals surface area contributed by atoms with Crippen LogP contribution >= 0.6 is 22.7 Å². The molecule has 0 aliphatic heterocycles. The van der Waals surface area contributed by atoms with Crippen LogP contribution in [0.3, 0.4) is 0 Å². The van der Waals surface area contributed by atoms with Crippen molar-refractivity contribution < 1.29 is 17.3 Å². The van der Waals surface area contributed by atoms with Crippen LogP contribution < -0.4 is 7.55 Å². The first kappa shape index (κ1) is 14.9. The van der Waals surface area contributed by atoms with Gasteiger partial charge in [0.15, 0.2) is 0 Å². The van der Waals surface area contributed by atoms with Crippen molar-refractivity contribution in [3.05, 3.63) is 4.69 Å². The molecule has 0 N–H and O–H groups in total. The van der Waals surface area contributed by atoms with E-state index in [2.05, 4.69) is 16.3 Å². The van der Waals surface area contributed by atoms with E-state index in [0.29, 0.717) is 0 Å². The van der Waals surface area contributed by atoms with Gasteiger partial charge in [-0.2, -0.15) is 0 Å². The van der Waals surface area contributed by atoms with E-state index in [9.17, 15) is 17.3 Å². The smallest absolute Gasteiger partial charge is 0.418 e. The Bertz CT molecular complexity index is 240. The summed E-state index contributed by atoms with van der Waals surface area (Å²) in [6, 6.07) is 0. The molecule has 0 aliphatic carbocycles. The van der Waals surface area contributed by atoms with Gasteiger partial charge in [0.2, 0.25) is 0 Å². The van der Waals surface area contributed by atoms with Crippen LogP contribution in [0, 0.1) is 0 Å². The Balaban J connectivity index is 0.000000292. The fraction of sp³-hybridized carbons (Fsp3) is 0.400. The van der Waals surface area contributed by atoms with Crippen LogP contribution in [-0.2, 0) is 0 Å². The molecular weight excluding hydrogens is 369 g/mol. The predicted molar refractivity (Wildman–Crippen MR) is 59.3 cm³/mol. The molecule has 0 radical (unpaired) electrons. The first-order valence-corrected chi connectivity index (χ1v) is 10.1. The van der Waals surface area contributed by atoms with Crippen molar-refractivity contribution in [2.75, 3.05) is 0 Å². The van der Waals surface area contributed by atoms with E-state index < -0.39 is 7.25 Å². The summed E-state index contributed by atoms with van der Waals surface area (Å²) in [6.45, 7) is 0. The van der Waals surface area contributed by atoms with Crippen molar-refractivity contribution >= 4 is 67.4 Å². The van der Waals surface area contributed by atoms with Crippen molar-refractivity contribution in [1.82, 2.24) is 0 Å². The monoisotopic (exact) mass is 378 g/mol. The summed E-state index contributed by atoms with van der Waals surface area (Å²) in [5.74, 6) is 4.58. The topological polar surface area (TPSA) is 0 Å². The van der Waals surface area contributed by atoms with Gasteiger partial charge in [-0.3, -0.25) is 0 Å². The van der Waals surface area contributed by atoms with Gasteiger partial charge in [0.1, 0.15) is 0 Å². The van der Waals surface area contributed by atoms with Gasteiger partial charge in [-0.15, -0.1) is 0 Å². The Kier molecular flexibility index (Phi) is 7.65. The summed E-state index contributed by atoms with van der Waals surface area (Å²) in [5, 5.41) is 0. The van der Waals surface area contributed by atoms with Gasteiger partial charge in [0, 0.05) is 0 Å². The Morgan fingerprint density at radius 1 is 1.21 bits per heavy atom. The third-order valence-electron chi connectivity index (χ3n) is 0.848. The molecule has 0 aliphatic rings. The van der Waals surface area contributed by atoms with Gasteiger partial charge in [0.05, 0.1) is 0 Å². The second-order valence-electron chi connectivity index (χ2n) is 1.81. The van der Waals surface area contributed by atoms with Gasteiger partial charge in [-0.25, -0.2) is 0 Å². The molecule has 0 saturated carbocycles. The molecule has 9 heteroatoms. The molecule has 0 fully saturated rings. The van der Waals surface area contributed by atoms with Crippen LogP contribution in [0.25, 0.3) is 0 Å². The minimum absolute atomic E-state index is 0.734. The maximum atomic E-state index is 9.75. The fourth-order valence-electron chi connectivity index (χ4n) is 0.471. The molecule has 14 heavy (non-hydrogen) atoms. The Morgan fingerprint density at radius 3 is 2.00 bits per heavy atom. The molecule has 0 bridgehead atoms. The van der Waals surface area contributed by atoms with E-state index in [-0.39, 0.29) is 0 Å². The van der Waals surface area contributed by atoms with Crippen molar-refractivity contribution in [2.45, 2.75) is 11.6 Å². The number of hydrogen-bond acceptors (Lipinski definition) is 1. The zero-order chi connectivity index (χ0) is 11.2. The molecule has 0 nitrogen and oxygen atoms in total. The van der Waals surface area contributed by atoms with Gasteiger partial charge >= 0.3 is 83.7 Å². The minimum atomic E-state index is -6.00. The summed E-state index contributed by atoms with van der Waals surface area (Å²) in [6.07, 6.45) is 0. The van der Waals surface area contributed by atoms with E-state index in [1.807, 2.05) is 22.7 Å². The molecule has 1 aromatic rings. The first-order valence-electron chi connectivity index (χ1n) is 3.23. The Labute approximate surface area is 101 Å². The maximum Gasteiger partial charge on any atom is 0.673 e. The van der Waals surface area contributed by atoms with E-state index in [1.54, 1.807) is 7.55 Å². The summed E-state index contributed by atoms with van der Waals surface area (Å²) < 4.78 is 44.6. The van der Waals surface area contributed by atoms with Crippen LogP contribution in [0.4, 0.5) is 17.3 Å². The quantitative estimate of drug-likeness (QED) is 0.422. The number of rotatable bonds is 2. The maximum absolute atomic E-state index is 9.75. The van der Waals surface area contributed by atoms with E-state index in [4.69, 9.17) is 0 Å². The molecule has 0 unspecified atom stereocenters. The van der Waals surface area contributed by atoms with E-state index in [0.717, 1.165) is 29.9 Å². The van der Waals surface area contributed by atoms with Crippen molar-refractivity contribution in [3.63, 3.8) is 0 Å². The van der Waals surface area contributed by atoms with E-state index in [1.165, 1.54) is 0 Å². The standard InChI is InChI=1S/C5H7S2Se2.BF4/c1-8-4-5(9-2)7-3-6-4;2-1(3,4)5/h3H,1-2H3;/q+1;-1. The zero-order valence-corrected chi connectivity index (χ0v) is 12.4. The molecule has 82 valence electrons. The van der Waals surface area contributed by atoms with Crippen molar-refractivity contribution in [3.8, 4) is 0 Å². The SMILES string of the molecule is C[Se]c1sc[s+]c1[Se]C.F[B-](F)(F)F. The van der Waals surface area contributed by atoms with Crippen molar-refractivity contribution in [2.24, 2.45) is 0 Å². The molecule has 1 aromatic heterocycles. The predicted octanol–water partition coefficient (Wildman–Crippen LogP) is 2.15. The summed E-state index contributed by atoms with van der Waals surface area (Å²) in [5.41, 5.74) is 0. The molecular formula is C5H7BF4S2Se2. The summed E-state index contributed by atoms with van der Waals surface area (Å²) >= 11 is 5.34. The van der Waals surface area contributed by atoms with Gasteiger partial charge in [0.25, 0.3) is 0 Å². The molecule has 0 atom stereocenters. The number of halogens is 4. The normalized spacial score (nSPS) is 10.7. The van der Waals surface area contributed by atoms with Crippen LogP contribution in [-0.4, -0.2) is 37.2 Å². The van der Waals surface area contributed by atoms with Crippen LogP contribution in [0.2, 0.25) is 11.6 Å². The van der Waals surface area contributed by atoms with Crippen LogP contribution in [0.1, 0.15) is 0 Å². The second kappa shape index (κ2) is 7.20. The average molecular weight is 376 g/mol. The molecule has 1 rings (SSSR count).